The van der Waals surface area contributed by atoms with Crippen LogP contribution in [0.25, 0.3) is 6.08 Å². The molecule has 2 aromatic carbocycles. The zero-order chi connectivity index (χ0) is 20.5. The molecule has 1 atom stereocenters. The summed E-state index contributed by atoms with van der Waals surface area (Å²) >= 11 is 6.13. The van der Waals surface area contributed by atoms with Crippen LogP contribution < -0.4 is 14.8 Å². The summed E-state index contributed by atoms with van der Waals surface area (Å²) in [4.78, 5) is 24.1. The van der Waals surface area contributed by atoms with Crippen molar-refractivity contribution in [3.8, 4) is 11.5 Å². The molecule has 0 heterocycles. The summed E-state index contributed by atoms with van der Waals surface area (Å²) < 4.78 is 15.5. The summed E-state index contributed by atoms with van der Waals surface area (Å²) in [6.45, 7) is 1.88. The van der Waals surface area contributed by atoms with Gasteiger partial charge in [-0.05, 0) is 36.3 Å². The third kappa shape index (κ3) is 6.03. The lowest BCUT2D eigenvalue weighted by Crippen LogP contribution is -2.35. The molecule has 7 heteroatoms. The Balaban J connectivity index is 1.92. The van der Waals surface area contributed by atoms with Gasteiger partial charge in [-0.1, -0.05) is 41.9 Å². The van der Waals surface area contributed by atoms with E-state index in [2.05, 4.69) is 5.32 Å². The van der Waals surface area contributed by atoms with Crippen molar-refractivity contribution < 1.29 is 23.8 Å². The molecular formula is C21H22ClNO5. The van der Waals surface area contributed by atoms with Crippen LogP contribution in [0.2, 0.25) is 5.02 Å². The molecule has 0 saturated carbocycles. The van der Waals surface area contributed by atoms with Crippen molar-refractivity contribution in [2.75, 3.05) is 14.2 Å². The van der Waals surface area contributed by atoms with Crippen molar-refractivity contribution in [2.45, 2.75) is 19.6 Å². The lowest BCUT2D eigenvalue weighted by Gasteiger charge is -2.12. The van der Waals surface area contributed by atoms with Gasteiger partial charge in [-0.2, -0.15) is 0 Å². The van der Waals surface area contributed by atoms with Gasteiger partial charge in [0, 0.05) is 12.6 Å². The molecule has 0 aliphatic heterocycles. The molecule has 0 aliphatic carbocycles. The minimum absolute atomic E-state index is 0.350. The van der Waals surface area contributed by atoms with Crippen molar-refractivity contribution in [3.63, 3.8) is 0 Å². The van der Waals surface area contributed by atoms with E-state index in [1.807, 2.05) is 30.3 Å². The summed E-state index contributed by atoms with van der Waals surface area (Å²) in [5, 5.41) is 3.08. The average Bonchev–Trinajstić information content (AvgIpc) is 2.70. The quantitative estimate of drug-likeness (QED) is 0.538. The Bertz CT molecular complexity index is 851. The maximum Gasteiger partial charge on any atom is 0.331 e. The molecule has 0 saturated heterocycles. The van der Waals surface area contributed by atoms with Crippen LogP contribution >= 0.6 is 11.6 Å². The molecule has 0 aliphatic rings. The zero-order valence-corrected chi connectivity index (χ0v) is 16.7. The molecular weight excluding hydrogens is 382 g/mol. The van der Waals surface area contributed by atoms with Crippen molar-refractivity contribution >= 4 is 29.6 Å². The fraction of sp³-hybridized carbons (Fsp3) is 0.238. The molecule has 6 nitrogen and oxygen atoms in total. The highest BCUT2D eigenvalue weighted by molar-refractivity contribution is 6.32. The van der Waals surface area contributed by atoms with E-state index in [-0.39, 0.29) is 5.91 Å². The maximum absolute atomic E-state index is 12.1. The SMILES string of the molecule is COc1cc(/C=C/C(=O)O[C@H](C)C(=O)NCc2ccccc2)cc(Cl)c1OC. The normalized spacial score (nSPS) is 11.7. The third-order valence-electron chi connectivity index (χ3n) is 3.84. The van der Waals surface area contributed by atoms with Crippen LogP contribution in [0.15, 0.2) is 48.5 Å². The van der Waals surface area contributed by atoms with Crippen LogP contribution in [0.1, 0.15) is 18.1 Å². The Morgan fingerprint density at radius 3 is 2.50 bits per heavy atom. The molecule has 1 amide bonds. The van der Waals surface area contributed by atoms with Gasteiger partial charge in [-0.15, -0.1) is 0 Å². The second-order valence-corrected chi connectivity index (χ2v) is 6.26. The number of hydrogen-bond donors (Lipinski definition) is 1. The predicted octanol–water partition coefficient (Wildman–Crippen LogP) is 3.62. The minimum Gasteiger partial charge on any atom is -0.493 e. The largest absolute Gasteiger partial charge is 0.493 e. The number of ether oxygens (including phenoxy) is 3. The smallest absolute Gasteiger partial charge is 0.331 e. The van der Waals surface area contributed by atoms with Gasteiger partial charge in [-0.25, -0.2) is 4.79 Å². The van der Waals surface area contributed by atoms with E-state index in [1.165, 1.54) is 33.3 Å². The van der Waals surface area contributed by atoms with Gasteiger partial charge in [0.1, 0.15) is 0 Å². The summed E-state index contributed by atoms with van der Waals surface area (Å²) in [5.41, 5.74) is 1.58. The summed E-state index contributed by atoms with van der Waals surface area (Å²) in [7, 11) is 2.98. The van der Waals surface area contributed by atoms with E-state index < -0.39 is 12.1 Å². The highest BCUT2D eigenvalue weighted by Gasteiger charge is 2.16. The molecule has 2 aromatic rings. The van der Waals surface area contributed by atoms with Gasteiger partial charge in [0.05, 0.1) is 19.2 Å². The third-order valence-corrected chi connectivity index (χ3v) is 4.12. The molecule has 0 bridgehead atoms. The zero-order valence-electron chi connectivity index (χ0n) is 15.9. The van der Waals surface area contributed by atoms with Crippen LogP contribution in [0, 0.1) is 0 Å². The van der Waals surface area contributed by atoms with Crippen molar-refractivity contribution in [2.24, 2.45) is 0 Å². The fourth-order valence-corrected chi connectivity index (χ4v) is 2.69. The maximum atomic E-state index is 12.1. The molecule has 0 spiro atoms. The van der Waals surface area contributed by atoms with Gasteiger partial charge >= 0.3 is 5.97 Å². The van der Waals surface area contributed by atoms with Crippen LogP contribution in [0.4, 0.5) is 0 Å². The number of methoxy groups -OCH3 is 2. The van der Waals surface area contributed by atoms with Crippen LogP contribution in [0.3, 0.4) is 0 Å². The van der Waals surface area contributed by atoms with Crippen molar-refractivity contribution in [1.29, 1.82) is 0 Å². The van der Waals surface area contributed by atoms with Gasteiger partial charge in [0.25, 0.3) is 5.91 Å². The molecule has 148 valence electrons. The van der Waals surface area contributed by atoms with Crippen LogP contribution in [0.5, 0.6) is 11.5 Å². The van der Waals surface area contributed by atoms with Gasteiger partial charge < -0.3 is 19.5 Å². The molecule has 0 fully saturated rings. The molecule has 0 aromatic heterocycles. The average molecular weight is 404 g/mol. The fourth-order valence-electron chi connectivity index (χ4n) is 2.39. The Kier molecular flexibility index (Phi) is 7.89. The Hall–Kier alpha value is -2.99. The topological polar surface area (TPSA) is 73.9 Å². The highest BCUT2D eigenvalue weighted by Crippen LogP contribution is 2.36. The number of nitrogens with one attached hydrogen (secondary N) is 1. The number of carbonyl (C=O) groups is 2. The van der Waals surface area contributed by atoms with Crippen LogP contribution in [-0.2, 0) is 20.9 Å². The Morgan fingerprint density at radius 1 is 1.14 bits per heavy atom. The number of esters is 1. The standard InChI is InChI=1S/C21H22ClNO5/c1-14(21(25)23-13-15-7-5-4-6-8-15)28-19(24)10-9-16-11-17(22)20(27-3)18(12-16)26-2/h4-12,14H,13H2,1-3H3,(H,23,25)/b10-9+/t14-/m1/s1. The Morgan fingerprint density at radius 2 is 1.86 bits per heavy atom. The summed E-state index contributed by atoms with van der Waals surface area (Å²) in [6.07, 6.45) is 1.82. The second-order valence-electron chi connectivity index (χ2n) is 5.85. The first-order chi connectivity index (χ1) is 13.4. The number of benzene rings is 2. The van der Waals surface area contributed by atoms with E-state index in [9.17, 15) is 9.59 Å². The van der Waals surface area contributed by atoms with Crippen LogP contribution in [-0.4, -0.2) is 32.2 Å². The number of halogens is 1. The first-order valence-electron chi connectivity index (χ1n) is 8.56. The molecule has 28 heavy (non-hydrogen) atoms. The predicted molar refractivity (Wildman–Crippen MR) is 107 cm³/mol. The van der Waals surface area contributed by atoms with E-state index in [1.54, 1.807) is 12.1 Å². The Labute approximate surface area is 169 Å². The molecule has 0 unspecified atom stereocenters. The van der Waals surface area contributed by atoms with E-state index in [0.29, 0.717) is 28.6 Å². The molecule has 1 N–H and O–H groups in total. The first-order valence-corrected chi connectivity index (χ1v) is 8.94. The second kappa shape index (κ2) is 10.4. The number of amides is 1. The lowest BCUT2D eigenvalue weighted by atomic mass is 10.2. The summed E-state index contributed by atoms with van der Waals surface area (Å²) in [5.74, 6) is -0.169. The highest BCUT2D eigenvalue weighted by atomic mass is 35.5. The number of rotatable bonds is 8. The van der Waals surface area contributed by atoms with Gasteiger partial charge in [0.2, 0.25) is 0 Å². The molecule has 0 radical (unpaired) electrons. The lowest BCUT2D eigenvalue weighted by molar-refractivity contribution is -0.150. The number of carbonyl (C=O) groups excluding carboxylic acids is 2. The summed E-state index contributed by atoms with van der Waals surface area (Å²) in [6, 6.07) is 12.8. The monoisotopic (exact) mass is 403 g/mol. The number of hydrogen-bond acceptors (Lipinski definition) is 5. The van der Waals surface area contributed by atoms with Crippen molar-refractivity contribution in [1.82, 2.24) is 5.32 Å². The molecule has 2 rings (SSSR count). The van der Waals surface area contributed by atoms with E-state index in [0.717, 1.165) is 5.56 Å². The van der Waals surface area contributed by atoms with Gasteiger partial charge in [-0.3, -0.25) is 4.79 Å². The van der Waals surface area contributed by atoms with E-state index >= 15 is 0 Å². The van der Waals surface area contributed by atoms with Crippen molar-refractivity contribution in [3.05, 3.63) is 64.7 Å². The first kappa shape index (κ1) is 21.3. The van der Waals surface area contributed by atoms with Gasteiger partial charge in [0.15, 0.2) is 17.6 Å². The minimum atomic E-state index is -0.921. The van der Waals surface area contributed by atoms with E-state index in [4.69, 9.17) is 25.8 Å².